The zero-order valence-electron chi connectivity index (χ0n) is 9.11. The number of methoxy groups -OCH3 is 1. The van der Waals surface area contributed by atoms with Gasteiger partial charge in [-0.2, -0.15) is 0 Å². The van der Waals surface area contributed by atoms with Crippen LogP contribution >= 0.6 is 11.8 Å². The minimum absolute atomic E-state index is 0.305. The van der Waals surface area contributed by atoms with Crippen molar-refractivity contribution < 1.29 is 9.84 Å². The second-order valence-electron chi connectivity index (χ2n) is 3.28. The van der Waals surface area contributed by atoms with Crippen LogP contribution in [0, 0.1) is 0 Å². The molecule has 0 aliphatic rings. The van der Waals surface area contributed by atoms with Crippen molar-refractivity contribution >= 4 is 11.8 Å². The Morgan fingerprint density at radius 2 is 2.00 bits per heavy atom. The normalized spacial score (nSPS) is 10.3. The summed E-state index contributed by atoms with van der Waals surface area (Å²) in [6.07, 6.45) is 3.15. The van der Waals surface area contributed by atoms with Crippen LogP contribution < -0.4 is 4.74 Å². The van der Waals surface area contributed by atoms with Crippen LogP contribution in [0.3, 0.4) is 0 Å². The van der Waals surface area contributed by atoms with Gasteiger partial charge in [0.05, 0.1) is 7.11 Å². The van der Waals surface area contributed by atoms with Crippen LogP contribution in [0.5, 0.6) is 5.75 Å². The second kappa shape index (κ2) is 7.60. The van der Waals surface area contributed by atoms with Crippen LogP contribution in [0.4, 0.5) is 0 Å². The maximum Gasteiger partial charge on any atom is 0.132 e. The summed E-state index contributed by atoms with van der Waals surface area (Å²) in [5.41, 5.74) is 0. The van der Waals surface area contributed by atoms with E-state index in [0.717, 1.165) is 30.8 Å². The monoisotopic (exact) mass is 226 g/mol. The summed E-state index contributed by atoms with van der Waals surface area (Å²) in [4.78, 5) is 1.20. The van der Waals surface area contributed by atoms with E-state index in [0.29, 0.717) is 6.61 Å². The molecule has 0 saturated carbocycles. The molecule has 1 aromatic rings. The summed E-state index contributed by atoms with van der Waals surface area (Å²) in [6, 6.07) is 8.07. The molecule has 0 unspecified atom stereocenters. The van der Waals surface area contributed by atoms with Crippen LogP contribution in [0.15, 0.2) is 29.2 Å². The summed E-state index contributed by atoms with van der Waals surface area (Å²) >= 11 is 1.82. The fourth-order valence-corrected chi connectivity index (χ4v) is 2.35. The number of aliphatic hydroxyl groups is 1. The standard InChI is InChI=1S/C12H18O2S/c1-14-11-7-3-4-8-12(11)15-10-6-2-5-9-13/h3-4,7-8,13H,2,5-6,9-10H2,1H3. The van der Waals surface area contributed by atoms with E-state index in [1.807, 2.05) is 30.0 Å². The van der Waals surface area contributed by atoms with Crippen LogP contribution in [0.25, 0.3) is 0 Å². The zero-order valence-corrected chi connectivity index (χ0v) is 9.93. The first kappa shape index (κ1) is 12.4. The zero-order chi connectivity index (χ0) is 10.9. The van der Waals surface area contributed by atoms with Gasteiger partial charge in [-0.1, -0.05) is 18.6 Å². The van der Waals surface area contributed by atoms with Crippen molar-refractivity contribution in [1.29, 1.82) is 0 Å². The van der Waals surface area contributed by atoms with Gasteiger partial charge in [0.2, 0.25) is 0 Å². The minimum Gasteiger partial charge on any atom is -0.496 e. The highest BCUT2D eigenvalue weighted by Crippen LogP contribution is 2.29. The van der Waals surface area contributed by atoms with Crippen LogP contribution in [0.2, 0.25) is 0 Å². The lowest BCUT2D eigenvalue weighted by molar-refractivity contribution is 0.284. The molecule has 0 bridgehead atoms. The molecule has 0 heterocycles. The van der Waals surface area contributed by atoms with Gasteiger partial charge in [0, 0.05) is 11.5 Å². The first-order valence-corrected chi connectivity index (χ1v) is 6.23. The van der Waals surface area contributed by atoms with Crippen molar-refractivity contribution in [3.05, 3.63) is 24.3 Å². The molecule has 0 aliphatic heterocycles. The van der Waals surface area contributed by atoms with Gasteiger partial charge in [-0.3, -0.25) is 0 Å². The third-order valence-corrected chi connectivity index (χ3v) is 3.27. The molecule has 0 spiro atoms. The van der Waals surface area contributed by atoms with Gasteiger partial charge in [-0.15, -0.1) is 11.8 Å². The lowest BCUT2D eigenvalue weighted by Gasteiger charge is -2.06. The molecule has 0 radical (unpaired) electrons. The Hall–Kier alpha value is -0.670. The van der Waals surface area contributed by atoms with Crippen molar-refractivity contribution in [1.82, 2.24) is 0 Å². The Bertz CT molecular complexity index is 276. The summed E-state index contributed by atoms with van der Waals surface area (Å²) in [7, 11) is 1.70. The summed E-state index contributed by atoms with van der Waals surface area (Å²) in [5, 5.41) is 8.64. The maximum atomic E-state index is 8.64. The van der Waals surface area contributed by atoms with Crippen LogP contribution in [-0.4, -0.2) is 24.6 Å². The van der Waals surface area contributed by atoms with E-state index in [2.05, 4.69) is 6.07 Å². The van der Waals surface area contributed by atoms with E-state index in [1.54, 1.807) is 7.11 Å². The molecule has 0 saturated heterocycles. The minimum atomic E-state index is 0.305. The summed E-state index contributed by atoms with van der Waals surface area (Å²) < 4.78 is 5.26. The fraction of sp³-hybridized carbons (Fsp3) is 0.500. The molecule has 84 valence electrons. The highest BCUT2D eigenvalue weighted by Gasteiger charge is 2.01. The topological polar surface area (TPSA) is 29.5 Å². The van der Waals surface area contributed by atoms with Crippen molar-refractivity contribution in [2.24, 2.45) is 0 Å². The molecule has 3 heteroatoms. The van der Waals surface area contributed by atoms with E-state index < -0.39 is 0 Å². The molecule has 1 N–H and O–H groups in total. The number of benzene rings is 1. The molecular formula is C12H18O2S. The quantitative estimate of drug-likeness (QED) is 0.572. The number of para-hydroxylation sites is 1. The van der Waals surface area contributed by atoms with Gasteiger partial charge >= 0.3 is 0 Å². The molecule has 1 rings (SSSR count). The number of ether oxygens (including phenoxy) is 1. The van der Waals surface area contributed by atoms with Crippen molar-refractivity contribution in [2.45, 2.75) is 24.2 Å². The van der Waals surface area contributed by atoms with Crippen LogP contribution in [0.1, 0.15) is 19.3 Å². The number of hydrogen-bond acceptors (Lipinski definition) is 3. The number of thioether (sulfide) groups is 1. The first-order valence-electron chi connectivity index (χ1n) is 5.25. The molecule has 2 nitrogen and oxygen atoms in total. The lowest BCUT2D eigenvalue weighted by atomic mass is 10.3. The largest absolute Gasteiger partial charge is 0.496 e. The molecule has 1 aromatic carbocycles. The van der Waals surface area contributed by atoms with E-state index >= 15 is 0 Å². The Balaban J connectivity index is 2.30. The van der Waals surface area contributed by atoms with Crippen molar-refractivity contribution in [2.75, 3.05) is 19.5 Å². The molecule has 0 fully saturated rings. The molecule has 0 amide bonds. The molecule has 0 atom stereocenters. The average Bonchev–Trinajstić information content (AvgIpc) is 2.29. The first-order chi connectivity index (χ1) is 7.38. The van der Waals surface area contributed by atoms with Crippen LogP contribution in [-0.2, 0) is 0 Å². The van der Waals surface area contributed by atoms with Crippen molar-refractivity contribution in [3.63, 3.8) is 0 Å². The second-order valence-corrected chi connectivity index (χ2v) is 4.42. The average molecular weight is 226 g/mol. The molecule has 0 aliphatic carbocycles. The number of unbranched alkanes of at least 4 members (excludes halogenated alkanes) is 2. The Morgan fingerprint density at radius 3 is 2.73 bits per heavy atom. The van der Waals surface area contributed by atoms with Gasteiger partial charge in [-0.05, 0) is 30.7 Å². The highest BCUT2D eigenvalue weighted by molar-refractivity contribution is 7.99. The third-order valence-electron chi connectivity index (χ3n) is 2.13. The molecule has 0 aromatic heterocycles. The van der Waals surface area contributed by atoms with Gasteiger partial charge in [0.15, 0.2) is 0 Å². The predicted octanol–water partition coefficient (Wildman–Crippen LogP) is 2.95. The predicted molar refractivity (Wildman–Crippen MR) is 64.7 cm³/mol. The van der Waals surface area contributed by atoms with E-state index in [-0.39, 0.29) is 0 Å². The fourth-order valence-electron chi connectivity index (χ4n) is 1.31. The Labute approximate surface area is 95.7 Å². The SMILES string of the molecule is COc1ccccc1SCCCCCO. The number of rotatable bonds is 7. The van der Waals surface area contributed by atoms with E-state index in [4.69, 9.17) is 9.84 Å². The summed E-state index contributed by atoms with van der Waals surface area (Å²) in [5.74, 6) is 2.03. The highest BCUT2D eigenvalue weighted by atomic mass is 32.2. The van der Waals surface area contributed by atoms with Crippen molar-refractivity contribution in [3.8, 4) is 5.75 Å². The Morgan fingerprint density at radius 1 is 1.20 bits per heavy atom. The number of hydrogen-bond donors (Lipinski definition) is 1. The lowest BCUT2D eigenvalue weighted by Crippen LogP contribution is -1.88. The smallest absolute Gasteiger partial charge is 0.132 e. The van der Waals surface area contributed by atoms with E-state index in [9.17, 15) is 0 Å². The van der Waals surface area contributed by atoms with Gasteiger partial charge < -0.3 is 9.84 Å². The van der Waals surface area contributed by atoms with Gasteiger partial charge in [-0.25, -0.2) is 0 Å². The molecular weight excluding hydrogens is 208 g/mol. The van der Waals surface area contributed by atoms with E-state index in [1.165, 1.54) is 4.90 Å². The third kappa shape index (κ3) is 4.58. The van der Waals surface area contributed by atoms with Gasteiger partial charge in [0.25, 0.3) is 0 Å². The number of aliphatic hydroxyl groups excluding tert-OH is 1. The Kier molecular flexibility index (Phi) is 6.28. The molecule has 15 heavy (non-hydrogen) atoms. The summed E-state index contributed by atoms with van der Waals surface area (Å²) in [6.45, 7) is 0.305. The van der Waals surface area contributed by atoms with Gasteiger partial charge in [0.1, 0.15) is 5.75 Å². The maximum absolute atomic E-state index is 8.64.